The van der Waals surface area contributed by atoms with Crippen LogP contribution in [0.2, 0.25) is 0 Å². The fourth-order valence-corrected chi connectivity index (χ4v) is 3.07. The van der Waals surface area contributed by atoms with Crippen LogP contribution in [0.4, 0.5) is 9.59 Å². The van der Waals surface area contributed by atoms with Crippen molar-refractivity contribution in [2.75, 3.05) is 26.8 Å². The number of carbonyl (C=O) groups excluding carboxylic acids is 6. The summed E-state index contributed by atoms with van der Waals surface area (Å²) in [6.45, 7) is 2.18. The zero-order valence-corrected chi connectivity index (χ0v) is 16.8. The zero-order chi connectivity index (χ0) is 22.6. The highest BCUT2D eigenvalue weighted by Crippen LogP contribution is 2.39. The van der Waals surface area contributed by atoms with Gasteiger partial charge in [0.1, 0.15) is 6.61 Å². The molecule has 2 rings (SSSR count). The van der Waals surface area contributed by atoms with Crippen LogP contribution < -0.4 is 5.32 Å². The van der Waals surface area contributed by atoms with Gasteiger partial charge in [0, 0.05) is 27.7 Å². The van der Waals surface area contributed by atoms with Gasteiger partial charge >= 0.3 is 35.9 Å². The number of nitrogens with one attached hydrogen (secondary N) is 1. The summed E-state index contributed by atoms with van der Waals surface area (Å²) in [5, 5.41) is 2.51. The molecule has 0 bridgehead atoms. The first-order valence-electron chi connectivity index (χ1n) is 8.70. The minimum absolute atomic E-state index is 0.543. The molecule has 30 heavy (non-hydrogen) atoms. The summed E-state index contributed by atoms with van der Waals surface area (Å²) in [4.78, 5) is 73.9. The predicted octanol–water partition coefficient (Wildman–Crippen LogP) is -1.10. The van der Waals surface area contributed by atoms with Gasteiger partial charge in [-0.05, 0) is 0 Å². The number of esters is 4. The number of hydrogen-bond donors (Lipinski definition) is 1. The summed E-state index contributed by atoms with van der Waals surface area (Å²) in [5.41, 5.74) is -1.76. The van der Waals surface area contributed by atoms with Crippen molar-refractivity contribution < 1.29 is 47.7 Å². The standard InChI is InChI=1S/C16H22N4O10/c1-9(21)27-5-16-13(17-14(25)19(16)7-29-11(3)23)18(6-28-10(2)22)15(26)20(16)8-30-12(4)24/h13H,5-8H2,1-4H3,(H,17,25). The number of carbonyl (C=O) groups is 6. The van der Waals surface area contributed by atoms with Crippen LogP contribution in [0, 0.1) is 0 Å². The first-order valence-corrected chi connectivity index (χ1v) is 8.70. The lowest BCUT2D eigenvalue weighted by molar-refractivity contribution is -0.166. The summed E-state index contributed by atoms with van der Waals surface area (Å²) in [6, 6.07) is -1.55. The van der Waals surface area contributed by atoms with Crippen molar-refractivity contribution >= 4 is 35.9 Å². The molecule has 0 aromatic rings. The SMILES string of the molecule is CC(=O)OCN1C(=O)N(COC(C)=O)C2(COC(C)=O)C1NC(=O)N2COC(C)=O. The molecule has 1 N–H and O–H groups in total. The van der Waals surface area contributed by atoms with Crippen LogP contribution in [0.25, 0.3) is 0 Å². The molecule has 2 aliphatic heterocycles. The molecule has 0 aliphatic carbocycles. The molecule has 2 aliphatic rings. The van der Waals surface area contributed by atoms with Crippen molar-refractivity contribution in [3.8, 4) is 0 Å². The molecule has 0 aromatic heterocycles. The molecule has 4 amide bonds. The molecule has 166 valence electrons. The smallest absolute Gasteiger partial charge is 0.329 e. The molecule has 14 nitrogen and oxygen atoms in total. The number of ether oxygens (including phenoxy) is 4. The molecule has 2 heterocycles. The minimum atomic E-state index is -1.76. The van der Waals surface area contributed by atoms with Crippen molar-refractivity contribution in [2.45, 2.75) is 39.5 Å². The fourth-order valence-electron chi connectivity index (χ4n) is 3.07. The van der Waals surface area contributed by atoms with Gasteiger partial charge in [0.15, 0.2) is 26.4 Å². The number of amides is 4. The number of fused-ring (bicyclic) bond motifs is 1. The molecular weight excluding hydrogens is 408 g/mol. The summed E-state index contributed by atoms with van der Waals surface area (Å²) in [7, 11) is 0. The van der Waals surface area contributed by atoms with Gasteiger partial charge in [0.2, 0.25) is 5.66 Å². The average molecular weight is 430 g/mol. The van der Waals surface area contributed by atoms with Crippen LogP contribution in [0.5, 0.6) is 0 Å². The van der Waals surface area contributed by atoms with E-state index in [1.54, 1.807) is 0 Å². The number of urea groups is 2. The Hall–Kier alpha value is -3.58. The van der Waals surface area contributed by atoms with Gasteiger partial charge in [-0.15, -0.1) is 0 Å². The average Bonchev–Trinajstić information content (AvgIpc) is 3.01. The van der Waals surface area contributed by atoms with Crippen LogP contribution in [0.15, 0.2) is 0 Å². The lowest BCUT2D eigenvalue weighted by atomic mass is 10.1. The summed E-state index contributed by atoms with van der Waals surface area (Å²) in [5.74, 6) is -2.83. The Labute approximate surface area is 170 Å². The van der Waals surface area contributed by atoms with Crippen molar-refractivity contribution in [3.63, 3.8) is 0 Å². The van der Waals surface area contributed by atoms with Crippen LogP contribution in [-0.2, 0) is 38.1 Å². The Bertz CT molecular complexity index is 771. The molecule has 2 saturated heterocycles. The van der Waals surface area contributed by atoms with Gasteiger partial charge in [-0.1, -0.05) is 0 Å². The molecule has 2 fully saturated rings. The molecule has 2 atom stereocenters. The highest BCUT2D eigenvalue weighted by molar-refractivity contribution is 5.87. The number of hydrogen-bond acceptors (Lipinski definition) is 10. The third kappa shape index (κ3) is 4.36. The van der Waals surface area contributed by atoms with Gasteiger partial charge in [-0.25, -0.2) is 9.59 Å². The second-order valence-electron chi connectivity index (χ2n) is 6.41. The van der Waals surface area contributed by atoms with Gasteiger partial charge < -0.3 is 24.3 Å². The molecule has 0 saturated carbocycles. The molecule has 0 spiro atoms. The third-order valence-electron chi connectivity index (χ3n) is 4.35. The maximum Gasteiger partial charge on any atom is 0.329 e. The van der Waals surface area contributed by atoms with E-state index in [1.807, 2.05) is 0 Å². The molecule has 14 heteroatoms. The van der Waals surface area contributed by atoms with E-state index in [9.17, 15) is 28.8 Å². The molecular formula is C16H22N4O10. The first kappa shape index (κ1) is 22.7. The largest absolute Gasteiger partial charge is 0.461 e. The molecule has 0 radical (unpaired) electrons. The van der Waals surface area contributed by atoms with Crippen LogP contribution in [0.3, 0.4) is 0 Å². The predicted molar refractivity (Wildman–Crippen MR) is 92.5 cm³/mol. The van der Waals surface area contributed by atoms with Gasteiger partial charge in [-0.2, -0.15) is 0 Å². The first-order chi connectivity index (χ1) is 14.0. The normalized spacial score (nSPS) is 22.4. The van der Waals surface area contributed by atoms with Crippen LogP contribution in [0.1, 0.15) is 27.7 Å². The van der Waals surface area contributed by atoms with Gasteiger partial charge in [0.25, 0.3) is 0 Å². The number of nitrogens with zero attached hydrogens (tertiary/aromatic N) is 3. The van der Waals surface area contributed by atoms with E-state index in [-0.39, 0.29) is 0 Å². The third-order valence-corrected chi connectivity index (χ3v) is 4.35. The maximum atomic E-state index is 13.0. The minimum Gasteiger partial charge on any atom is -0.461 e. The van der Waals surface area contributed by atoms with E-state index < -0.39 is 74.6 Å². The summed E-state index contributed by atoms with van der Waals surface area (Å²) in [6.07, 6.45) is -1.19. The highest BCUT2D eigenvalue weighted by Gasteiger charge is 2.68. The van der Waals surface area contributed by atoms with Crippen LogP contribution >= 0.6 is 0 Å². The molecule has 2 unspecified atom stereocenters. The van der Waals surface area contributed by atoms with Gasteiger partial charge in [-0.3, -0.25) is 33.9 Å². The topological polar surface area (TPSA) is 161 Å². The van der Waals surface area contributed by atoms with E-state index in [2.05, 4.69) is 5.32 Å². The maximum absolute atomic E-state index is 13.0. The quantitative estimate of drug-likeness (QED) is 0.369. The Balaban J connectivity index is 2.50. The van der Waals surface area contributed by atoms with E-state index >= 15 is 0 Å². The van der Waals surface area contributed by atoms with Crippen LogP contribution in [-0.4, -0.2) is 89.3 Å². The van der Waals surface area contributed by atoms with Crippen molar-refractivity contribution in [3.05, 3.63) is 0 Å². The van der Waals surface area contributed by atoms with Crippen molar-refractivity contribution in [1.82, 2.24) is 20.0 Å². The summed E-state index contributed by atoms with van der Waals surface area (Å²) >= 11 is 0. The highest BCUT2D eigenvalue weighted by atomic mass is 16.6. The number of rotatable bonds is 8. The summed E-state index contributed by atoms with van der Waals surface area (Å²) < 4.78 is 19.8. The Morgan fingerprint density at radius 1 is 0.800 bits per heavy atom. The van der Waals surface area contributed by atoms with E-state index in [4.69, 9.17) is 18.9 Å². The fraction of sp³-hybridized carbons (Fsp3) is 0.625. The molecule has 0 aromatic carbocycles. The van der Waals surface area contributed by atoms with Crippen molar-refractivity contribution in [1.29, 1.82) is 0 Å². The Morgan fingerprint density at radius 2 is 1.27 bits per heavy atom. The lowest BCUT2D eigenvalue weighted by Gasteiger charge is -2.40. The van der Waals surface area contributed by atoms with E-state index in [1.165, 1.54) is 0 Å². The lowest BCUT2D eigenvalue weighted by Crippen LogP contribution is -2.64. The Kier molecular flexibility index (Phi) is 6.69. The second kappa shape index (κ2) is 8.84. The van der Waals surface area contributed by atoms with Crippen molar-refractivity contribution in [2.24, 2.45) is 0 Å². The van der Waals surface area contributed by atoms with E-state index in [0.717, 1.165) is 42.4 Å². The van der Waals surface area contributed by atoms with Gasteiger partial charge in [0.05, 0.1) is 0 Å². The zero-order valence-electron chi connectivity index (χ0n) is 16.8. The Morgan fingerprint density at radius 3 is 1.77 bits per heavy atom. The second-order valence-corrected chi connectivity index (χ2v) is 6.41. The monoisotopic (exact) mass is 430 g/mol. The van der Waals surface area contributed by atoms with E-state index in [0.29, 0.717) is 0 Å².